The third-order valence-corrected chi connectivity index (χ3v) is 3.50. The summed E-state index contributed by atoms with van der Waals surface area (Å²) >= 11 is 0. The summed E-state index contributed by atoms with van der Waals surface area (Å²) in [6.45, 7) is 8.66. The van der Waals surface area contributed by atoms with E-state index in [9.17, 15) is 4.79 Å². The highest BCUT2D eigenvalue weighted by Gasteiger charge is 2.22. The summed E-state index contributed by atoms with van der Waals surface area (Å²) in [5, 5.41) is 0. The lowest BCUT2D eigenvalue weighted by Gasteiger charge is -2.23. The predicted octanol–water partition coefficient (Wildman–Crippen LogP) is 3.07. The number of rotatable bonds is 5. The first kappa shape index (κ1) is 12.5. The second kappa shape index (κ2) is 6.14. The molecule has 1 saturated heterocycles. The number of likely N-dealkylation sites (tertiary alicyclic amines) is 1. The van der Waals surface area contributed by atoms with Gasteiger partial charge in [0.05, 0.1) is 0 Å². The highest BCUT2D eigenvalue weighted by molar-refractivity contribution is 5.76. The fraction of sp³-hybridized carbons (Fsp3) is 0.923. The zero-order chi connectivity index (χ0) is 11.3. The first-order valence-electron chi connectivity index (χ1n) is 6.43. The molecule has 1 rings (SSSR count). The van der Waals surface area contributed by atoms with Gasteiger partial charge in [-0.1, -0.05) is 27.2 Å². The number of carbonyl (C=O) groups is 1. The van der Waals surface area contributed by atoms with Gasteiger partial charge in [0.15, 0.2) is 0 Å². The highest BCUT2D eigenvalue weighted by atomic mass is 16.2. The van der Waals surface area contributed by atoms with Crippen LogP contribution in [-0.4, -0.2) is 23.9 Å². The summed E-state index contributed by atoms with van der Waals surface area (Å²) in [5.74, 6) is 1.61. The minimum absolute atomic E-state index is 0.389. The Morgan fingerprint density at radius 2 is 1.87 bits per heavy atom. The van der Waals surface area contributed by atoms with Crippen LogP contribution in [-0.2, 0) is 4.79 Å². The molecule has 1 fully saturated rings. The van der Waals surface area contributed by atoms with Crippen LogP contribution < -0.4 is 0 Å². The zero-order valence-corrected chi connectivity index (χ0v) is 10.5. The van der Waals surface area contributed by atoms with Gasteiger partial charge in [-0.25, -0.2) is 0 Å². The molecule has 2 heteroatoms. The summed E-state index contributed by atoms with van der Waals surface area (Å²) < 4.78 is 0. The molecule has 1 unspecified atom stereocenters. The van der Waals surface area contributed by atoms with E-state index < -0.39 is 0 Å². The minimum Gasteiger partial charge on any atom is -0.343 e. The van der Waals surface area contributed by atoms with Gasteiger partial charge in [-0.3, -0.25) is 4.79 Å². The molecule has 88 valence electrons. The van der Waals surface area contributed by atoms with Crippen molar-refractivity contribution in [3.63, 3.8) is 0 Å². The van der Waals surface area contributed by atoms with Gasteiger partial charge in [0, 0.05) is 19.5 Å². The molecule has 0 N–H and O–H groups in total. The standard InChI is InChI=1S/C13H25NO/c1-4-7-12(11(2)3)10-13(15)14-8-5-6-9-14/h11-12H,4-10H2,1-3H3. The molecule has 0 spiro atoms. The van der Waals surface area contributed by atoms with Crippen LogP contribution in [0.3, 0.4) is 0 Å². The van der Waals surface area contributed by atoms with Crippen LogP contribution in [0, 0.1) is 11.8 Å². The number of amides is 1. The second-order valence-electron chi connectivity index (χ2n) is 5.08. The quantitative estimate of drug-likeness (QED) is 0.684. The van der Waals surface area contributed by atoms with E-state index in [1.807, 2.05) is 4.90 Å². The van der Waals surface area contributed by atoms with Crippen molar-refractivity contribution in [2.75, 3.05) is 13.1 Å². The largest absolute Gasteiger partial charge is 0.343 e. The van der Waals surface area contributed by atoms with Crippen LogP contribution >= 0.6 is 0 Å². The smallest absolute Gasteiger partial charge is 0.222 e. The lowest BCUT2D eigenvalue weighted by Crippen LogP contribution is -2.30. The molecule has 2 nitrogen and oxygen atoms in total. The van der Waals surface area contributed by atoms with Crippen molar-refractivity contribution in [2.45, 2.75) is 52.9 Å². The summed E-state index contributed by atoms with van der Waals surface area (Å²) in [5.41, 5.74) is 0. The van der Waals surface area contributed by atoms with E-state index in [-0.39, 0.29) is 0 Å². The molecule has 0 aromatic rings. The van der Waals surface area contributed by atoms with Gasteiger partial charge < -0.3 is 4.90 Å². The van der Waals surface area contributed by atoms with Gasteiger partial charge >= 0.3 is 0 Å². The van der Waals surface area contributed by atoms with Crippen molar-refractivity contribution in [1.29, 1.82) is 0 Å². The third-order valence-electron chi connectivity index (χ3n) is 3.50. The number of hydrogen-bond donors (Lipinski definition) is 0. The average Bonchev–Trinajstić information content (AvgIpc) is 2.69. The Balaban J connectivity index is 2.38. The summed E-state index contributed by atoms with van der Waals surface area (Å²) in [6.07, 6.45) is 5.55. The lowest BCUT2D eigenvalue weighted by molar-refractivity contribution is -0.131. The van der Waals surface area contributed by atoms with Crippen molar-refractivity contribution in [3.8, 4) is 0 Å². The Labute approximate surface area is 94.0 Å². The van der Waals surface area contributed by atoms with E-state index in [0.717, 1.165) is 19.5 Å². The van der Waals surface area contributed by atoms with Crippen LogP contribution in [0.15, 0.2) is 0 Å². The number of nitrogens with zero attached hydrogens (tertiary/aromatic N) is 1. The maximum Gasteiger partial charge on any atom is 0.222 e. The van der Waals surface area contributed by atoms with E-state index in [4.69, 9.17) is 0 Å². The summed E-state index contributed by atoms with van der Waals surface area (Å²) in [4.78, 5) is 14.0. The van der Waals surface area contributed by atoms with Crippen molar-refractivity contribution in [2.24, 2.45) is 11.8 Å². The summed E-state index contributed by atoms with van der Waals surface area (Å²) in [6, 6.07) is 0. The molecule has 1 aliphatic rings. The van der Waals surface area contributed by atoms with E-state index >= 15 is 0 Å². The van der Waals surface area contributed by atoms with Gasteiger partial charge in [0.2, 0.25) is 5.91 Å². The van der Waals surface area contributed by atoms with Crippen LogP contribution in [0.4, 0.5) is 0 Å². The maximum absolute atomic E-state index is 12.0. The number of hydrogen-bond acceptors (Lipinski definition) is 1. The predicted molar refractivity (Wildman–Crippen MR) is 63.7 cm³/mol. The molecular formula is C13H25NO. The van der Waals surface area contributed by atoms with Crippen LogP contribution in [0.25, 0.3) is 0 Å². The van der Waals surface area contributed by atoms with Crippen LogP contribution in [0.2, 0.25) is 0 Å². The third kappa shape index (κ3) is 3.84. The van der Waals surface area contributed by atoms with Gasteiger partial charge in [-0.2, -0.15) is 0 Å². The first-order chi connectivity index (χ1) is 7.15. The molecule has 1 heterocycles. The van der Waals surface area contributed by atoms with Crippen molar-refractivity contribution in [1.82, 2.24) is 4.90 Å². The molecule has 1 amide bonds. The van der Waals surface area contributed by atoms with Gasteiger partial charge in [-0.05, 0) is 31.1 Å². The molecule has 15 heavy (non-hydrogen) atoms. The molecular weight excluding hydrogens is 186 g/mol. The Bertz CT molecular complexity index is 195. The average molecular weight is 211 g/mol. The minimum atomic E-state index is 0.389. The molecule has 0 aromatic heterocycles. The Hall–Kier alpha value is -0.530. The van der Waals surface area contributed by atoms with E-state index in [0.29, 0.717) is 17.7 Å². The summed E-state index contributed by atoms with van der Waals surface area (Å²) in [7, 11) is 0. The molecule has 0 aromatic carbocycles. The molecule has 1 aliphatic heterocycles. The first-order valence-corrected chi connectivity index (χ1v) is 6.43. The molecule has 0 bridgehead atoms. The van der Waals surface area contributed by atoms with Crippen LogP contribution in [0.1, 0.15) is 52.9 Å². The fourth-order valence-electron chi connectivity index (χ4n) is 2.36. The second-order valence-corrected chi connectivity index (χ2v) is 5.08. The fourth-order valence-corrected chi connectivity index (χ4v) is 2.36. The molecule has 0 radical (unpaired) electrons. The zero-order valence-electron chi connectivity index (χ0n) is 10.5. The van der Waals surface area contributed by atoms with E-state index in [1.54, 1.807) is 0 Å². The monoisotopic (exact) mass is 211 g/mol. The maximum atomic E-state index is 12.0. The molecule has 0 saturated carbocycles. The Kier molecular flexibility index (Phi) is 5.13. The normalized spacial score (nSPS) is 18.5. The van der Waals surface area contributed by atoms with Crippen LogP contribution in [0.5, 0.6) is 0 Å². The van der Waals surface area contributed by atoms with Crippen molar-refractivity contribution >= 4 is 5.91 Å². The molecule has 0 aliphatic carbocycles. The number of carbonyl (C=O) groups excluding carboxylic acids is 1. The highest BCUT2D eigenvalue weighted by Crippen LogP contribution is 2.23. The lowest BCUT2D eigenvalue weighted by atomic mass is 9.88. The van der Waals surface area contributed by atoms with Gasteiger partial charge in [0.25, 0.3) is 0 Å². The van der Waals surface area contributed by atoms with E-state index in [1.165, 1.54) is 25.7 Å². The SMILES string of the molecule is CCCC(CC(=O)N1CCCC1)C(C)C. The van der Waals surface area contributed by atoms with E-state index in [2.05, 4.69) is 20.8 Å². The van der Waals surface area contributed by atoms with Crippen molar-refractivity contribution in [3.05, 3.63) is 0 Å². The topological polar surface area (TPSA) is 20.3 Å². The van der Waals surface area contributed by atoms with Crippen molar-refractivity contribution < 1.29 is 4.79 Å². The Morgan fingerprint density at radius 3 is 2.33 bits per heavy atom. The molecule has 1 atom stereocenters. The van der Waals surface area contributed by atoms with Gasteiger partial charge in [-0.15, -0.1) is 0 Å². The van der Waals surface area contributed by atoms with Gasteiger partial charge in [0.1, 0.15) is 0 Å². The Morgan fingerprint density at radius 1 is 1.27 bits per heavy atom.